The van der Waals surface area contributed by atoms with Crippen LogP contribution in [0.15, 0.2) is 59.1 Å². The zero-order valence-corrected chi connectivity index (χ0v) is 13.6. The fourth-order valence-corrected chi connectivity index (χ4v) is 2.75. The molecular weight excluding hydrogens is 320 g/mol. The molecule has 1 aliphatic rings. The van der Waals surface area contributed by atoms with E-state index < -0.39 is 12.2 Å². The molecular formula is C19H16N2O4. The van der Waals surface area contributed by atoms with E-state index in [4.69, 9.17) is 13.9 Å². The molecule has 0 saturated heterocycles. The molecule has 0 bridgehead atoms. The Labute approximate surface area is 144 Å². The average Bonchev–Trinajstić information content (AvgIpc) is 3.09. The van der Waals surface area contributed by atoms with E-state index in [-0.39, 0.29) is 6.01 Å². The molecule has 6 heteroatoms. The second-order valence-electron chi connectivity index (χ2n) is 5.57. The van der Waals surface area contributed by atoms with Gasteiger partial charge in [0.25, 0.3) is 0 Å². The third kappa shape index (κ3) is 2.94. The molecule has 0 unspecified atom stereocenters. The molecule has 1 aliphatic heterocycles. The number of aromatic nitrogens is 1. The van der Waals surface area contributed by atoms with E-state index in [1.807, 2.05) is 55.5 Å². The number of oxazole rings is 1. The van der Waals surface area contributed by atoms with Crippen LogP contribution in [0, 0.1) is 0 Å². The van der Waals surface area contributed by atoms with E-state index in [0.717, 1.165) is 11.1 Å². The predicted octanol–water partition coefficient (Wildman–Crippen LogP) is 4.68. The minimum absolute atomic E-state index is 0.121. The summed E-state index contributed by atoms with van der Waals surface area (Å²) in [5, 5.41) is 2.53. The first kappa shape index (κ1) is 15.3. The van der Waals surface area contributed by atoms with Gasteiger partial charge in [-0.15, -0.1) is 0 Å². The van der Waals surface area contributed by atoms with Crippen LogP contribution in [0.3, 0.4) is 0 Å². The van der Waals surface area contributed by atoms with Crippen molar-refractivity contribution in [1.29, 1.82) is 0 Å². The summed E-state index contributed by atoms with van der Waals surface area (Å²) in [6.45, 7) is 1.94. The minimum atomic E-state index is -0.638. The number of aryl methyl sites for hydroxylation is 1. The van der Waals surface area contributed by atoms with Gasteiger partial charge in [-0.25, -0.2) is 15.1 Å². The molecule has 126 valence electrons. The highest BCUT2D eigenvalue weighted by Crippen LogP contribution is 2.44. The summed E-state index contributed by atoms with van der Waals surface area (Å²) in [6, 6.07) is 15.1. The molecule has 6 nitrogen and oxygen atoms in total. The lowest BCUT2D eigenvalue weighted by Gasteiger charge is -2.27. The quantitative estimate of drug-likeness (QED) is 0.751. The molecule has 2 aromatic carbocycles. The van der Waals surface area contributed by atoms with Gasteiger partial charge in [-0.05, 0) is 12.1 Å². The van der Waals surface area contributed by atoms with E-state index in [1.165, 1.54) is 0 Å². The van der Waals surface area contributed by atoms with Crippen molar-refractivity contribution < 1.29 is 18.7 Å². The highest BCUT2D eigenvalue weighted by atomic mass is 16.6. The lowest BCUT2D eigenvalue weighted by Crippen LogP contribution is -2.21. The molecule has 2 heterocycles. The van der Waals surface area contributed by atoms with E-state index >= 15 is 0 Å². The molecule has 0 spiro atoms. The van der Waals surface area contributed by atoms with Crippen molar-refractivity contribution in [2.24, 2.45) is 0 Å². The summed E-state index contributed by atoms with van der Waals surface area (Å²) >= 11 is 0. The van der Waals surface area contributed by atoms with Crippen molar-refractivity contribution in [2.75, 3.05) is 5.32 Å². The Hall–Kier alpha value is -3.28. The summed E-state index contributed by atoms with van der Waals surface area (Å²) < 4.78 is 16.9. The summed E-state index contributed by atoms with van der Waals surface area (Å²) in [5.41, 5.74) is 1.58. The van der Waals surface area contributed by atoms with Gasteiger partial charge in [0.05, 0.1) is 6.20 Å². The number of amides is 1. The van der Waals surface area contributed by atoms with Gasteiger partial charge in [0.15, 0.2) is 6.10 Å². The largest absolute Gasteiger partial charge is 0.456 e. The number of carbonyl (C=O) groups excluding carboxylic acids is 1. The van der Waals surface area contributed by atoms with Crippen LogP contribution in [0.2, 0.25) is 0 Å². The van der Waals surface area contributed by atoms with Gasteiger partial charge < -0.3 is 13.9 Å². The number of anilines is 1. The van der Waals surface area contributed by atoms with Gasteiger partial charge in [-0.1, -0.05) is 43.3 Å². The van der Waals surface area contributed by atoms with Crippen LogP contribution in [0.1, 0.15) is 29.9 Å². The number of nitrogens with zero attached hydrogens (tertiary/aromatic N) is 1. The Morgan fingerprint density at radius 2 is 1.76 bits per heavy atom. The molecule has 3 aromatic rings. The number of hydrogen-bond acceptors (Lipinski definition) is 5. The standard InChI is InChI=1S/C19H16N2O4/c1-2-12-11-20-18(23-12)21-19(22)25-17-13-7-3-5-9-15(13)24-16-10-6-4-8-14(16)17/h3-11,17H,2H2,1H3,(H,20,21,22). The maximum atomic E-state index is 12.3. The highest BCUT2D eigenvalue weighted by molar-refractivity contribution is 5.82. The van der Waals surface area contributed by atoms with Crippen LogP contribution in [0.4, 0.5) is 10.8 Å². The number of rotatable bonds is 3. The normalized spacial score (nSPS) is 12.7. The third-order valence-electron chi connectivity index (χ3n) is 3.96. The summed E-state index contributed by atoms with van der Waals surface area (Å²) in [4.78, 5) is 16.3. The monoisotopic (exact) mass is 336 g/mol. The first-order valence-corrected chi connectivity index (χ1v) is 8.02. The van der Waals surface area contributed by atoms with E-state index in [2.05, 4.69) is 10.3 Å². The first-order valence-electron chi connectivity index (χ1n) is 8.02. The highest BCUT2D eigenvalue weighted by Gasteiger charge is 2.30. The van der Waals surface area contributed by atoms with Crippen molar-refractivity contribution >= 4 is 12.1 Å². The second kappa shape index (κ2) is 6.32. The molecule has 0 fully saturated rings. The first-order chi connectivity index (χ1) is 12.2. The van der Waals surface area contributed by atoms with Crippen LogP contribution in [-0.2, 0) is 11.2 Å². The number of carbonyl (C=O) groups is 1. The molecule has 0 saturated carbocycles. The summed E-state index contributed by atoms with van der Waals surface area (Å²) in [7, 11) is 0. The second-order valence-corrected chi connectivity index (χ2v) is 5.57. The molecule has 4 rings (SSSR count). The number of fused-ring (bicyclic) bond motifs is 2. The van der Waals surface area contributed by atoms with Crippen molar-refractivity contribution in [3.8, 4) is 11.5 Å². The van der Waals surface area contributed by atoms with E-state index in [1.54, 1.807) is 6.20 Å². The summed E-state index contributed by atoms with van der Waals surface area (Å²) in [5.74, 6) is 2.03. The van der Waals surface area contributed by atoms with Gasteiger partial charge in [-0.3, -0.25) is 0 Å². The number of benzene rings is 2. The maximum Gasteiger partial charge on any atom is 0.416 e. The molecule has 1 N–H and O–H groups in total. The predicted molar refractivity (Wildman–Crippen MR) is 90.8 cm³/mol. The van der Waals surface area contributed by atoms with Crippen LogP contribution < -0.4 is 10.1 Å². The number of ether oxygens (including phenoxy) is 2. The maximum absolute atomic E-state index is 12.3. The molecule has 0 radical (unpaired) electrons. The lowest BCUT2D eigenvalue weighted by molar-refractivity contribution is 0.124. The van der Waals surface area contributed by atoms with Gasteiger partial charge in [0, 0.05) is 17.5 Å². The Bertz CT molecular complexity index is 874. The zero-order chi connectivity index (χ0) is 17.2. The topological polar surface area (TPSA) is 73.6 Å². The van der Waals surface area contributed by atoms with Crippen LogP contribution in [0.5, 0.6) is 11.5 Å². The van der Waals surface area contributed by atoms with Crippen molar-refractivity contribution in [1.82, 2.24) is 4.98 Å². The van der Waals surface area contributed by atoms with Crippen molar-refractivity contribution in [3.63, 3.8) is 0 Å². The Kier molecular flexibility index (Phi) is 3.85. The van der Waals surface area contributed by atoms with Gasteiger partial charge in [0.1, 0.15) is 17.3 Å². The third-order valence-corrected chi connectivity index (χ3v) is 3.96. The van der Waals surface area contributed by atoms with Gasteiger partial charge >= 0.3 is 12.1 Å². The van der Waals surface area contributed by atoms with Crippen LogP contribution in [-0.4, -0.2) is 11.1 Å². The molecule has 0 atom stereocenters. The fraction of sp³-hybridized carbons (Fsp3) is 0.158. The Balaban J connectivity index is 1.60. The van der Waals surface area contributed by atoms with E-state index in [9.17, 15) is 4.79 Å². The van der Waals surface area contributed by atoms with Crippen LogP contribution >= 0.6 is 0 Å². The fourth-order valence-electron chi connectivity index (χ4n) is 2.75. The zero-order valence-electron chi connectivity index (χ0n) is 13.6. The summed E-state index contributed by atoms with van der Waals surface area (Å²) in [6.07, 6.45) is 1.07. The molecule has 1 amide bonds. The molecule has 25 heavy (non-hydrogen) atoms. The SMILES string of the molecule is CCc1cnc(NC(=O)OC2c3ccccc3Oc3ccccc32)o1. The smallest absolute Gasteiger partial charge is 0.416 e. The van der Waals surface area contributed by atoms with E-state index in [0.29, 0.717) is 23.7 Å². The molecule has 1 aromatic heterocycles. The number of hydrogen-bond donors (Lipinski definition) is 1. The van der Waals surface area contributed by atoms with Crippen molar-refractivity contribution in [3.05, 3.63) is 71.6 Å². The average molecular weight is 336 g/mol. The van der Waals surface area contributed by atoms with Gasteiger partial charge in [-0.2, -0.15) is 0 Å². The van der Waals surface area contributed by atoms with Crippen LogP contribution in [0.25, 0.3) is 0 Å². The Morgan fingerprint density at radius 3 is 2.36 bits per heavy atom. The van der Waals surface area contributed by atoms with Crippen molar-refractivity contribution in [2.45, 2.75) is 19.4 Å². The number of para-hydroxylation sites is 2. The lowest BCUT2D eigenvalue weighted by atomic mass is 9.97. The number of nitrogens with one attached hydrogen (secondary N) is 1. The van der Waals surface area contributed by atoms with Gasteiger partial charge in [0.2, 0.25) is 0 Å². The Morgan fingerprint density at radius 1 is 1.12 bits per heavy atom. The molecule has 0 aliphatic carbocycles. The minimum Gasteiger partial charge on any atom is -0.456 e.